The number of rotatable bonds is 4. The van der Waals surface area contributed by atoms with Gasteiger partial charge in [-0.05, 0) is 26.8 Å². The highest BCUT2D eigenvalue weighted by atomic mass is 32.1. The highest BCUT2D eigenvalue weighted by molar-refractivity contribution is 7.13. The first-order valence-electron chi connectivity index (χ1n) is 7.02. The number of nitrogens with one attached hydrogen (secondary N) is 1. The summed E-state index contributed by atoms with van der Waals surface area (Å²) in [6.07, 6.45) is 1.69. The zero-order valence-corrected chi connectivity index (χ0v) is 13.2. The fourth-order valence-corrected chi connectivity index (χ4v) is 3.17. The molecule has 1 atom stereocenters. The molecule has 1 aliphatic heterocycles. The molecular formula is C14H19N5OS. The van der Waals surface area contributed by atoms with Crippen molar-refractivity contribution >= 4 is 22.4 Å². The van der Waals surface area contributed by atoms with Crippen LogP contribution >= 0.6 is 11.3 Å². The number of nitrogens with zero attached hydrogens (tertiary/aromatic N) is 4. The third kappa shape index (κ3) is 2.84. The van der Waals surface area contributed by atoms with Gasteiger partial charge in [0.2, 0.25) is 5.91 Å². The van der Waals surface area contributed by atoms with Crippen LogP contribution in [0.15, 0.2) is 17.6 Å². The van der Waals surface area contributed by atoms with Gasteiger partial charge in [0.1, 0.15) is 0 Å². The van der Waals surface area contributed by atoms with E-state index in [9.17, 15) is 4.79 Å². The van der Waals surface area contributed by atoms with Gasteiger partial charge < -0.3 is 5.32 Å². The molecule has 0 unspecified atom stereocenters. The Labute approximate surface area is 127 Å². The van der Waals surface area contributed by atoms with Crippen molar-refractivity contribution in [3.63, 3.8) is 0 Å². The van der Waals surface area contributed by atoms with Gasteiger partial charge >= 0.3 is 0 Å². The standard InChI is InChI=1S/C14H19N5OS/c1-9-6-10(2)19(17-9)12-7-18(8-12)11(3)13(20)16-14-15-4-5-21-14/h4-6,11-12H,7-8H2,1-3H3,(H,15,16,20)/t11-/m1/s1. The Morgan fingerprint density at radius 3 is 2.81 bits per heavy atom. The highest BCUT2D eigenvalue weighted by Crippen LogP contribution is 2.25. The lowest BCUT2D eigenvalue weighted by Gasteiger charge is -2.42. The number of hydrogen-bond donors (Lipinski definition) is 1. The van der Waals surface area contributed by atoms with Crippen molar-refractivity contribution < 1.29 is 4.79 Å². The summed E-state index contributed by atoms with van der Waals surface area (Å²) >= 11 is 1.43. The second-order valence-corrected chi connectivity index (χ2v) is 6.38. The quantitative estimate of drug-likeness (QED) is 0.936. The van der Waals surface area contributed by atoms with E-state index in [1.807, 2.05) is 19.2 Å². The second-order valence-electron chi connectivity index (χ2n) is 5.48. The van der Waals surface area contributed by atoms with E-state index < -0.39 is 0 Å². The molecule has 0 aliphatic carbocycles. The first-order chi connectivity index (χ1) is 10.0. The number of aromatic nitrogens is 3. The molecule has 0 spiro atoms. The lowest BCUT2D eigenvalue weighted by molar-refractivity contribution is -0.123. The van der Waals surface area contributed by atoms with Crippen molar-refractivity contribution in [1.29, 1.82) is 0 Å². The molecule has 0 bridgehead atoms. The summed E-state index contributed by atoms with van der Waals surface area (Å²) in [7, 11) is 0. The molecule has 1 N–H and O–H groups in total. The van der Waals surface area contributed by atoms with Crippen molar-refractivity contribution in [3.05, 3.63) is 29.0 Å². The minimum atomic E-state index is -0.151. The monoisotopic (exact) mass is 305 g/mol. The molecule has 1 saturated heterocycles. The maximum absolute atomic E-state index is 12.2. The van der Waals surface area contributed by atoms with E-state index in [1.54, 1.807) is 6.20 Å². The SMILES string of the molecule is Cc1cc(C)n(C2CN([C@H](C)C(=O)Nc3nccs3)C2)n1. The zero-order chi connectivity index (χ0) is 15.0. The topological polar surface area (TPSA) is 63.1 Å². The molecule has 3 rings (SSSR count). The summed E-state index contributed by atoms with van der Waals surface area (Å²) in [5.41, 5.74) is 2.22. The molecule has 2 aromatic heterocycles. The maximum Gasteiger partial charge on any atom is 0.243 e. The van der Waals surface area contributed by atoms with E-state index in [-0.39, 0.29) is 11.9 Å². The van der Waals surface area contributed by atoms with Gasteiger partial charge in [0.25, 0.3) is 0 Å². The molecule has 2 aromatic rings. The van der Waals surface area contributed by atoms with Gasteiger partial charge in [-0.15, -0.1) is 11.3 Å². The van der Waals surface area contributed by atoms with Gasteiger partial charge in [0.15, 0.2) is 5.13 Å². The molecular weight excluding hydrogens is 286 g/mol. The van der Waals surface area contributed by atoms with Gasteiger partial charge in [0.05, 0.1) is 17.8 Å². The number of amides is 1. The van der Waals surface area contributed by atoms with Gasteiger partial charge in [-0.25, -0.2) is 4.98 Å². The van der Waals surface area contributed by atoms with Crippen LogP contribution in [0.2, 0.25) is 0 Å². The van der Waals surface area contributed by atoms with Crippen molar-refractivity contribution in [2.75, 3.05) is 18.4 Å². The van der Waals surface area contributed by atoms with Crippen LogP contribution in [-0.4, -0.2) is 44.7 Å². The lowest BCUT2D eigenvalue weighted by Crippen LogP contribution is -2.55. The van der Waals surface area contributed by atoms with Crippen molar-refractivity contribution in [2.24, 2.45) is 0 Å². The second kappa shape index (κ2) is 5.57. The largest absolute Gasteiger partial charge is 0.301 e. The molecule has 3 heterocycles. The number of carbonyl (C=O) groups is 1. The smallest absolute Gasteiger partial charge is 0.243 e. The number of anilines is 1. The molecule has 0 saturated carbocycles. The Kier molecular flexibility index (Phi) is 3.77. The minimum absolute atomic E-state index is 0.00299. The van der Waals surface area contributed by atoms with Crippen LogP contribution in [0.1, 0.15) is 24.4 Å². The van der Waals surface area contributed by atoms with Crippen molar-refractivity contribution in [1.82, 2.24) is 19.7 Å². The summed E-state index contributed by atoms with van der Waals surface area (Å²) in [6, 6.07) is 2.30. The van der Waals surface area contributed by atoms with Gasteiger partial charge in [-0.1, -0.05) is 0 Å². The van der Waals surface area contributed by atoms with E-state index in [4.69, 9.17) is 0 Å². The van der Waals surface area contributed by atoms with E-state index in [0.717, 1.165) is 18.8 Å². The maximum atomic E-state index is 12.2. The normalized spacial score (nSPS) is 17.5. The molecule has 1 aliphatic rings. The number of aryl methyl sites for hydroxylation is 2. The van der Waals surface area contributed by atoms with Crippen LogP contribution in [0.4, 0.5) is 5.13 Å². The first kappa shape index (κ1) is 14.2. The van der Waals surface area contributed by atoms with Crippen LogP contribution in [-0.2, 0) is 4.79 Å². The Morgan fingerprint density at radius 2 is 2.24 bits per heavy atom. The van der Waals surface area contributed by atoms with Crippen LogP contribution in [0.3, 0.4) is 0 Å². The van der Waals surface area contributed by atoms with Crippen LogP contribution in [0.25, 0.3) is 0 Å². The molecule has 112 valence electrons. The van der Waals surface area contributed by atoms with E-state index in [1.165, 1.54) is 17.0 Å². The van der Waals surface area contributed by atoms with E-state index in [0.29, 0.717) is 11.2 Å². The predicted octanol–water partition coefficient (Wildman–Crippen LogP) is 1.84. The lowest BCUT2D eigenvalue weighted by atomic mass is 10.1. The molecule has 0 aromatic carbocycles. The molecule has 0 radical (unpaired) electrons. The Balaban J connectivity index is 1.55. The Morgan fingerprint density at radius 1 is 1.48 bits per heavy atom. The fraction of sp³-hybridized carbons (Fsp3) is 0.500. The van der Waals surface area contributed by atoms with Gasteiger partial charge in [0, 0.05) is 30.4 Å². The van der Waals surface area contributed by atoms with Crippen LogP contribution in [0.5, 0.6) is 0 Å². The number of thiazole rings is 1. The molecule has 21 heavy (non-hydrogen) atoms. The number of hydrogen-bond acceptors (Lipinski definition) is 5. The average molecular weight is 305 g/mol. The number of likely N-dealkylation sites (tertiary alicyclic amines) is 1. The summed E-state index contributed by atoms with van der Waals surface area (Å²) in [4.78, 5) is 18.4. The summed E-state index contributed by atoms with van der Waals surface area (Å²) in [6.45, 7) is 7.72. The number of carbonyl (C=O) groups excluding carboxylic acids is 1. The minimum Gasteiger partial charge on any atom is -0.301 e. The molecule has 6 nitrogen and oxygen atoms in total. The van der Waals surface area contributed by atoms with Crippen molar-refractivity contribution in [3.8, 4) is 0 Å². The summed E-state index contributed by atoms with van der Waals surface area (Å²) in [5.74, 6) is -0.00299. The molecule has 7 heteroatoms. The van der Waals surface area contributed by atoms with E-state index in [2.05, 4.69) is 38.0 Å². The average Bonchev–Trinajstić information content (AvgIpc) is 2.98. The molecule has 1 amide bonds. The zero-order valence-electron chi connectivity index (χ0n) is 12.4. The van der Waals surface area contributed by atoms with Crippen molar-refractivity contribution in [2.45, 2.75) is 32.9 Å². The third-order valence-corrected chi connectivity index (χ3v) is 4.56. The first-order valence-corrected chi connectivity index (χ1v) is 7.89. The van der Waals surface area contributed by atoms with Gasteiger partial charge in [-0.3, -0.25) is 14.4 Å². The fourth-order valence-electron chi connectivity index (χ4n) is 2.64. The Hall–Kier alpha value is -1.73. The van der Waals surface area contributed by atoms with Crippen LogP contribution < -0.4 is 5.32 Å². The third-order valence-electron chi connectivity index (χ3n) is 3.87. The van der Waals surface area contributed by atoms with Gasteiger partial charge in [-0.2, -0.15) is 5.10 Å². The summed E-state index contributed by atoms with van der Waals surface area (Å²) < 4.78 is 2.07. The molecule has 1 fully saturated rings. The Bertz CT molecular complexity index is 630. The van der Waals surface area contributed by atoms with E-state index >= 15 is 0 Å². The predicted molar refractivity (Wildman–Crippen MR) is 82.5 cm³/mol. The van der Waals surface area contributed by atoms with Crippen LogP contribution in [0, 0.1) is 13.8 Å². The highest BCUT2D eigenvalue weighted by Gasteiger charge is 2.35. The summed E-state index contributed by atoms with van der Waals surface area (Å²) in [5, 5.41) is 9.86.